The number of hydrogen-bond acceptors (Lipinski definition) is 2. The predicted octanol–water partition coefficient (Wildman–Crippen LogP) is 1.60. The Balaban J connectivity index is 1.87. The molecule has 18 heavy (non-hydrogen) atoms. The summed E-state index contributed by atoms with van der Waals surface area (Å²) in [6.07, 6.45) is 2.50. The molecule has 0 heterocycles. The van der Waals surface area contributed by atoms with Crippen molar-refractivity contribution in [2.45, 2.75) is 25.7 Å². The van der Waals surface area contributed by atoms with Gasteiger partial charge in [0.1, 0.15) is 0 Å². The Hall–Kier alpha value is -1.84. The van der Waals surface area contributed by atoms with Crippen LogP contribution in [0.3, 0.4) is 0 Å². The van der Waals surface area contributed by atoms with Gasteiger partial charge < -0.3 is 10.4 Å². The van der Waals surface area contributed by atoms with Crippen molar-refractivity contribution in [1.29, 1.82) is 0 Å². The number of carboxylic acids is 1. The van der Waals surface area contributed by atoms with Crippen molar-refractivity contribution in [1.82, 2.24) is 5.32 Å². The Kier molecular flexibility index (Phi) is 3.65. The molecule has 0 spiro atoms. The van der Waals surface area contributed by atoms with E-state index in [9.17, 15) is 9.59 Å². The third kappa shape index (κ3) is 3.09. The summed E-state index contributed by atoms with van der Waals surface area (Å²) in [6, 6.07) is 9.92. The highest BCUT2D eigenvalue weighted by molar-refractivity contribution is 5.85. The fourth-order valence-corrected chi connectivity index (χ4v) is 2.09. The minimum Gasteiger partial charge on any atom is -0.481 e. The van der Waals surface area contributed by atoms with Crippen molar-refractivity contribution in [3.8, 4) is 0 Å². The SMILES string of the molecule is O=C(O)CCNC(=O)C1(Cc2ccccc2)CC1. The first-order valence-corrected chi connectivity index (χ1v) is 6.16. The summed E-state index contributed by atoms with van der Waals surface area (Å²) >= 11 is 0. The molecule has 2 N–H and O–H groups in total. The van der Waals surface area contributed by atoms with Crippen LogP contribution in [-0.2, 0) is 16.0 Å². The molecule has 0 radical (unpaired) electrons. The molecular formula is C14H17NO3. The second-order valence-corrected chi connectivity index (χ2v) is 4.84. The molecule has 1 fully saturated rings. The largest absolute Gasteiger partial charge is 0.481 e. The van der Waals surface area contributed by atoms with E-state index in [-0.39, 0.29) is 24.3 Å². The molecular weight excluding hydrogens is 230 g/mol. The predicted molar refractivity (Wildman–Crippen MR) is 67.1 cm³/mol. The van der Waals surface area contributed by atoms with Crippen LogP contribution in [0.2, 0.25) is 0 Å². The van der Waals surface area contributed by atoms with E-state index in [4.69, 9.17) is 5.11 Å². The number of aliphatic carboxylic acids is 1. The van der Waals surface area contributed by atoms with Gasteiger partial charge in [0, 0.05) is 6.54 Å². The van der Waals surface area contributed by atoms with Gasteiger partial charge in [-0.05, 0) is 24.8 Å². The van der Waals surface area contributed by atoms with Gasteiger partial charge in [0.15, 0.2) is 0 Å². The van der Waals surface area contributed by atoms with Crippen LogP contribution in [0, 0.1) is 5.41 Å². The van der Waals surface area contributed by atoms with Gasteiger partial charge in [0.25, 0.3) is 0 Å². The van der Waals surface area contributed by atoms with Gasteiger partial charge in [-0.1, -0.05) is 30.3 Å². The Morgan fingerprint density at radius 2 is 1.89 bits per heavy atom. The van der Waals surface area contributed by atoms with Crippen LogP contribution in [0.1, 0.15) is 24.8 Å². The summed E-state index contributed by atoms with van der Waals surface area (Å²) in [5.74, 6) is -0.893. The lowest BCUT2D eigenvalue weighted by atomic mass is 9.95. The summed E-state index contributed by atoms with van der Waals surface area (Å²) in [4.78, 5) is 22.4. The normalized spacial score (nSPS) is 16.0. The van der Waals surface area contributed by atoms with Crippen molar-refractivity contribution in [3.63, 3.8) is 0 Å². The zero-order valence-electron chi connectivity index (χ0n) is 10.2. The second kappa shape index (κ2) is 5.21. The maximum Gasteiger partial charge on any atom is 0.305 e. The van der Waals surface area contributed by atoms with Crippen molar-refractivity contribution in [3.05, 3.63) is 35.9 Å². The Morgan fingerprint density at radius 3 is 2.44 bits per heavy atom. The highest BCUT2D eigenvalue weighted by Crippen LogP contribution is 2.48. The van der Waals surface area contributed by atoms with Crippen molar-refractivity contribution >= 4 is 11.9 Å². The maximum absolute atomic E-state index is 12.0. The molecule has 0 unspecified atom stereocenters. The number of carbonyl (C=O) groups excluding carboxylic acids is 1. The lowest BCUT2D eigenvalue weighted by Gasteiger charge is -2.14. The molecule has 0 saturated heterocycles. The first kappa shape index (κ1) is 12.6. The van der Waals surface area contributed by atoms with E-state index in [0.717, 1.165) is 24.8 Å². The van der Waals surface area contributed by atoms with E-state index in [2.05, 4.69) is 5.32 Å². The monoisotopic (exact) mass is 247 g/mol. The summed E-state index contributed by atoms with van der Waals surface area (Å²) in [5, 5.41) is 11.2. The van der Waals surface area contributed by atoms with Crippen LogP contribution >= 0.6 is 0 Å². The Bertz CT molecular complexity index is 438. The number of carbonyl (C=O) groups is 2. The van der Waals surface area contributed by atoms with Crippen molar-refractivity contribution in [2.24, 2.45) is 5.41 Å². The molecule has 2 rings (SSSR count). The molecule has 4 nitrogen and oxygen atoms in total. The number of nitrogens with one attached hydrogen (secondary N) is 1. The van der Waals surface area contributed by atoms with E-state index in [1.54, 1.807) is 0 Å². The third-order valence-electron chi connectivity index (χ3n) is 3.34. The van der Waals surface area contributed by atoms with E-state index in [1.165, 1.54) is 0 Å². The molecule has 0 aromatic heterocycles. The van der Waals surface area contributed by atoms with Crippen LogP contribution in [0.15, 0.2) is 30.3 Å². The van der Waals surface area contributed by atoms with E-state index in [0.29, 0.717) is 0 Å². The molecule has 0 atom stereocenters. The molecule has 0 bridgehead atoms. The van der Waals surface area contributed by atoms with Gasteiger partial charge in [-0.15, -0.1) is 0 Å². The van der Waals surface area contributed by atoms with Gasteiger partial charge in [-0.3, -0.25) is 9.59 Å². The van der Waals surface area contributed by atoms with E-state index >= 15 is 0 Å². The fraction of sp³-hybridized carbons (Fsp3) is 0.429. The minimum absolute atomic E-state index is 0.00685. The second-order valence-electron chi connectivity index (χ2n) is 4.84. The zero-order valence-corrected chi connectivity index (χ0v) is 10.2. The van der Waals surface area contributed by atoms with Gasteiger partial charge in [-0.2, -0.15) is 0 Å². The number of benzene rings is 1. The molecule has 1 aromatic carbocycles. The van der Waals surface area contributed by atoms with Gasteiger partial charge in [0.05, 0.1) is 11.8 Å². The highest BCUT2D eigenvalue weighted by atomic mass is 16.4. The summed E-state index contributed by atoms with van der Waals surface area (Å²) in [6.45, 7) is 0.213. The van der Waals surface area contributed by atoms with Crippen molar-refractivity contribution < 1.29 is 14.7 Å². The van der Waals surface area contributed by atoms with Gasteiger partial charge in [-0.25, -0.2) is 0 Å². The molecule has 96 valence electrons. The first-order chi connectivity index (χ1) is 8.62. The molecule has 0 aliphatic heterocycles. The van der Waals surface area contributed by atoms with Gasteiger partial charge >= 0.3 is 5.97 Å². The summed E-state index contributed by atoms with van der Waals surface area (Å²) in [7, 11) is 0. The molecule has 4 heteroatoms. The Labute approximate surface area is 106 Å². The third-order valence-corrected chi connectivity index (χ3v) is 3.34. The number of rotatable bonds is 6. The standard InChI is InChI=1S/C14H17NO3/c16-12(17)6-9-15-13(18)14(7-8-14)10-11-4-2-1-3-5-11/h1-5H,6-10H2,(H,15,18)(H,16,17). The Morgan fingerprint density at radius 1 is 1.22 bits per heavy atom. The average Bonchev–Trinajstić information content (AvgIpc) is 3.11. The lowest BCUT2D eigenvalue weighted by molar-refractivity contribution is -0.137. The number of amides is 1. The van der Waals surface area contributed by atoms with E-state index in [1.807, 2.05) is 30.3 Å². The summed E-state index contributed by atoms with van der Waals surface area (Å²) in [5.41, 5.74) is 0.864. The fourth-order valence-electron chi connectivity index (χ4n) is 2.09. The summed E-state index contributed by atoms with van der Waals surface area (Å²) < 4.78 is 0. The highest BCUT2D eigenvalue weighted by Gasteiger charge is 2.49. The number of hydrogen-bond donors (Lipinski definition) is 2. The smallest absolute Gasteiger partial charge is 0.305 e. The minimum atomic E-state index is -0.886. The molecule has 1 saturated carbocycles. The average molecular weight is 247 g/mol. The molecule has 1 aliphatic carbocycles. The quantitative estimate of drug-likeness (QED) is 0.802. The molecule has 1 aliphatic rings. The van der Waals surface area contributed by atoms with Crippen LogP contribution < -0.4 is 5.32 Å². The van der Waals surface area contributed by atoms with Crippen LogP contribution in [0.4, 0.5) is 0 Å². The van der Waals surface area contributed by atoms with Crippen molar-refractivity contribution in [2.75, 3.05) is 6.54 Å². The van der Waals surface area contributed by atoms with Crippen LogP contribution in [-0.4, -0.2) is 23.5 Å². The maximum atomic E-state index is 12.0. The lowest BCUT2D eigenvalue weighted by Crippen LogP contribution is -2.34. The topological polar surface area (TPSA) is 66.4 Å². The molecule has 1 aromatic rings. The first-order valence-electron chi connectivity index (χ1n) is 6.16. The number of carboxylic acid groups (broad SMARTS) is 1. The van der Waals surface area contributed by atoms with Crippen LogP contribution in [0.5, 0.6) is 0 Å². The van der Waals surface area contributed by atoms with Crippen LogP contribution in [0.25, 0.3) is 0 Å². The van der Waals surface area contributed by atoms with Gasteiger partial charge in [0.2, 0.25) is 5.91 Å². The van der Waals surface area contributed by atoms with E-state index < -0.39 is 5.97 Å². The molecule has 1 amide bonds. The zero-order chi connectivity index (χ0) is 13.0.